The van der Waals surface area contributed by atoms with E-state index in [1.54, 1.807) is 12.1 Å². The second-order valence-corrected chi connectivity index (χ2v) is 11.0. The molecule has 2 aliphatic rings. The number of carbonyl (C=O) groups is 1. The molecule has 2 aliphatic heterocycles. The molecule has 0 radical (unpaired) electrons. The van der Waals surface area contributed by atoms with E-state index in [0.29, 0.717) is 31.0 Å². The maximum absolute atomic E-state index is 13.0. The first-order chi connectivity index (χ1) is 15.4. The number of nitrogens with zero attached hydrogens (tertiary/aromatic N) is 2. The zero-order valence-corrected chi connectivity index (χ0v) is 19.7. The minimum atomic E-state index is -3.64. The molecule has 32 heavy (non-hydrogen) atoms. The van der Waals surface area contributed by atoms with Crippen molar-refractivity contribution in [3.63, 3.8) is 0 Å². The van der Waals surface area contributed by atoms with Gasteiger partial charge in [-0.15, -0.1) is 0 Å². The summed E-state index contributed by atoms with van der Waals surface area (Å²) < 4.78 is 27.4. The minimum absolute atomic E-state index is 0.0861. The molecule has 0 bridgehead atoms. The number of rotatable bonds is 7. The molecule has 2 aromatic rings. The predicted octanol–water partition coefficient (Wildman–Crippen LogP) is 3.65. The van der Waals surface area contributed by atoms with Gasteiger partial charge in [-0.2, -0.15) is 4.31 Å². The zero-order chi connectivity index (χ0) is 22.6. The van der Waals surface area contributed by atoms with E-state index in [0.717, 1.165) is 25.2 Å². The van der Waals surface area contributed by atoms with Gasteiger partial charge in [0.2, 0.25) is 15.9 Å². The quantitative estimate of drug-likeness (QED) is 0.663. The number of halogens is 1. The molecule has 2 heterocycles. The van der Waals surface area contributed by atoms with Crippen molar-refractivity contribution in [2.45, 2.75) is 43.7 Å². The van der Waals surface area contributed by atoms with Crippen molar-refractivity contribution in [3.05, 3.63) is 64.7 Å². The van der Waals surface area contributed by atoms with Gasteiger partial charge in [0.25, 0.3) is 0 Å². The van der Waals surface area contributed by atoms with Crippen LogP contribution in [0.15, 0.2) is 53.4 Å². The third-order valence-electron chi connectivity index (χ3n) is 6.37. The van der Waals surface area contributed by atoms with Gasteiger partial charge in [0, 0.05) is 31.2 Å². The monoisotopic (exact) mass is 475 g/mol. The van der Waals surface area contributed by atoms with Crippen molar-refractivity contribution in [2.75, 3.05) is 26.2 Å². The third-order valence-corrected chi connectivity index (χ3v) is 8.50. The van der Waals surface area contributed by atoms with E-state index in [1.807, 2.05) is 12.1 Å². The van der Waals surface area contributed by atoms with Crippen LogP contribution in [0.4, 0.5) is 0 Å². The first-order valence-corrected chi connectivity index (χ1v) is 13.1. The molecular weight excluding hydrogens is 446 g/mol. The highest BCUT2D eigenvalue weighted by molar-refractivity contribution is 7.89. The predicted molar refractivity (Wildman–Crippen MR) is 126 cm³/mol. The Morgan fingerprint density at radius 1 is 0.969 bits per heavy atom. The lowest BCUT2D eigenvalue weighted by atomic mass is 9.98. The number of piperidine rings is 1. The molecule has 0 spiro atoms. The maximum Gasteiger partial charge on any atom is 0.243 e. The number of hydrogen-bond acceptors (Lipinski definition) is 4. The highest BCUT2D eigenvalue weighted by atomic mass is 35.5. The topological polar surface area (TPSA) is 69.7 Å². The Hall–Kier alpha value is -1.93. The summed E-state index contributed by atoms with van der Waals surface area (Å²) >= 11 is 5.89. The fraction of sp³-hybridized carbons (Fsp3) is 0.458. The second kappa shape index (κ2) is 10.3. The van der Waals surface area contributed by atoms with E-state index in [4.69, 9.17) is 11.6 Å². The van der Waals surface area contributed by atoms with E-state index >= 15 is 0 Å². The summed E-state index contributed by atoms with van der Waals surface area (Å²) in [6.07, 6.45) is 3.84. The van der Waals surface area contributed by atoms with Crippen LogP contribution in [-0.4, -0.2) is 49.7 Å². The van der Waals surface area contributed by atoms with Crippen LogP contribution in [0.2, 0.25) is 5.02 Å². The summed E-state index contributed by atoms with van der Waals surface area (Å²) in [4.78, 5) is 15.6. The molecule has 1 amide bonds. The lowest BCUT2D eigenvalue weighted by molar-refractivity contribution is -0.126. The molecule has 172 valence electrons. The highest BCUT2D eigenvalue weighted by Crippen LogP contribution is 2.25. The average molecular weight is 476 g/mol. The molecule has 6 nitrogen and oxygen atoms in total. The lowest BCUT2D eigenvalue weighted by Crippen LogP contribution is -2.45. The van der Waals surface area contributed by atoms with Gasteiger partial charge in [0.1, 0.15) is 0 Å². The van der Waals surface area contributed by atoms with Crippen LogP contribution in [0, 0.1) is 5.92 Å². The molecule has 1 atom stereocenters. The smallest absolute Gasteiger partial charge is 0.243 e. The van der Waals surface area contributed by atoms with Gasteiger partial charge < -0.3 is 5.32 Å². The molecule has 8 heteroatoms. The van der Waals surface area contributed by atoms with Crippen LogP contribution in [0.1, 0.15) is 36.8 Å². The highest BCUT2D eigenvalue weighted by Gasteiger charge is 2.33. The number of benzene rings is 2. The number of amides is 1. The largest absolute Gasteiger partial charge is 0.352 e. The van der Waals surface area contributed by atoms with E-state index < -0.39 is 10.0 Å². The second-order valence-electron chi connectivity index (χ2n) is 8.63. The lowest BCUT2D eigenvalue weighted by Gasteiger charge is -2.31. The van der Waals surface area contributed by atoms with Gasteiger partial charge in [0.05, 0.1) is 10.8 Å². The number of carbonyl (C=O) groups excluding carboxylic acids is 1. The number of likely N-dealkylation sites (tertiary alicyclic amines) is 1. The van der Waals surface area contributed by atoms with Gasteiger partial charge in [-0.25, -0.2) is 8.42 Å². The standard InChI is InChI=1S/C24H30ClN3O3S/c25-22-9-11-23(12-10-22)32(30,31)28-15-5-8-21(18-28)24(29)26-16-19-6-1-2-7-20(19)17-27-13-3-4-14-27/h1-2,6-7,9-12,21H,3-5,8,13-18H2,(H,26,29). The third kappa shape index (κ3) is 5.52. The fourth-order valence-electron chi connectivity index (χ4n) is 4.52. The van der Waals surface area contributed by atoms with Gasteiger partial charge in [-0.05, 0) is 74.2 Å². The van der Waals surface area contributed by atoms with Crippen molar-refractivity contribution in [3.8, 4) is 0 Å². The molecule has 0 saturated carbocycles. The Kier molecular flexibility index (Phi) is 7.51. The Bertz CT molecular complexity index is 1040. The van der Waals surface area contributed by atoms with Crippen LogP contribution in [0.3, 0.4) is 0 Å². The number of hydrogen-bond donors (Lipinski definition) is 1. The average Bonchev–Trinajstić information content (AvgIpc) is 3.32. The Labute approximate surface area is 195 Å². The Morgan fingerprint density at radius 2 is 1.66 bits per heavy atom. The molecule has 2 saturated heterocycles. The first-order valence-electron chi connectivity index (χ1n) is 11.3. The van der Waals surface area contributed by atoms with Crippen LogP contribution >= 0.6 is 11.6 Å². The Balaban J connectivity index is 1.37. The van der Waals surface area contributed by atoms with E-state index in [1.165, 1.54) is 34.8 Å². The van der Waals surface area contributed by atoms with Crippen LogP contribution in [0.25, 0.3) is 0 Å². The van der Waals surface area contributed by atoms with Crippen molar-refractivity contribution in [1.82, 2.24) is 14.5 Å². The molecule has 1 unspecified atom stereocenters. The van der Waals surface area contributed by atoms with Crippen LogP contribution < -0.4 is 5.32 Å². The molecule has 2 aromatic carbocycles. The normalized spacial score (nSPS) is 20.3. The van der Waals surface area contributed by atoms with E-state index in [2.05, 4.69) is 22.3 Å². The van der Waals surface area contributed by atoms with Gasteiger partial charge in [-0.3, -0.25) is 9.69 Å². The summed E-state index contributed by atoms with van der Waals surface area (Å²) in [5.74, 6) is -0.437. The summed E-state index contributed by atoms with van der Waals surface area (Å²) in [6, 6.07) is 14.4. The van der Waals surface area contributed by atoms with E-state index in [-0.39, 0.29) is 23.3 Å². The number of sulfonamides is 1. The summed E-state index contributed by atoms with van der Waals surface area (Å²) in [6.45, 7) is 4.24. The number of nitrogens with one attached hydrogen (secondary N) is 1. The minimum Gasteiger partial charge on any atom is -0.352 e. The van der Waals surface area contributed by atoms with Gasteiger partial charge in [0.15, 0.2) is 0 Å². The summed E-state index contributed by atoms with van der Waals surface area (Å²) in [5.41, 5.74) is 2.36. The molecular formula is C24H30ClN3O3S. The first kappa shape index (κ1) is 23.2. The molecule has 1 N–H and O–H groups in total. The molecule has 0 aromatic heterocycles. The van der Waals surface area contributed by atoms with Gasteiger partial charge >= 0.3 is 0 Å². The molecule has 0 aliphatic carbocycles. The summed E-state index contributed by atoms with van der Waals surface area (Å²) in [7, 11) is -3.64. The van der Waals surface area contributed by atoms with Crippen molar-refractivity contribution in [1.29, 1.82) is 0 Å². The van der Waals surface area contributed by atoms with Crippen LogP contribution in [-0.2, 0) is 27.9 Å². The molecule has 2 fully saturated rings. The van der Waals surface area contributed by atoms with Crippen molar-refractivity contribution >= 4 is 27.5 Å². The maximum atomic E-state index is 13.0. The van der Waals surface area contributed by atoms with E-state index in [9.17, 15) is 13.2 Å². The van der Waals surface area contributed by atoms with Crippen LogP contribution in [0.5, 0.6) is 0 Å². The SMILES string of the molecule is O=C(NCc1ccccc1CN1CCCC1)C1CCCN(S(=O)(=O)c2ccc(Cl)cc2)C1. The van der Waals surface area contributed by atoms with Gasteiger partial charge in [-0.1, -0.05) is 35.9 Å². The summed E-state index contributed by atoms with van der Waals surface area (Å²) in [5, 5.41) is 3.55. The zero-order valence-electron chi connectivity index (χ0n) is 18.2. The Morgan fingerprint density at radius 3 is 2.38 bits per heavy atom. The molecule has 4 rings (SSSR count). The van der Waals surface area contributed by atoms with Crippen molar-refractivity contribution < 1.29 is 13.2 Å². The fourth-order valence-corrected chi connectivity index (χ4v) is 6.17. The van der Waals surface area contributed by atoms with Crippen molar-refractivity contribution in [2.24, 2.45) is 5.92 Å².